The maximum atomic E-state index is 12.8. The van der Waals surface area contributed by atoms with E-state index in [1.54, 1.807) is 23.7 Å². The molecule has 36 heavy (non-hydrogen) atoms. The highest BCUT2D eigenvalue weighted by Gasteiger charge is 2.38. The number of aliphatic carboxylic acids is 1. The van der Waals surface area contributed by atoms with Crippen LogP contribution in [0.1, 0.15) is 39.1 Å². The predicted octanol–water partition coefficient (Wildman–Crippen LogP) is 4.81. The molecule has 0 aromatic carbocycles. The summed E-state index contributed by atoms with van der Waals surface area (Å²) in [5.74, 6) is -1.65. The molecule has 1 atom stereocenters. The average Bonchev–Trinajstić information content (AvgIpc) is 3.50. The van der Waals surface area contributed by atoms with E-state index < -0.39 is 12.1 Å². The number of likely N-dealkylation sites (tertiary alicyclic amines) is 1. The zero-order valence-corrected chi connectivity index (χ0v) is 20.0. The van der Waals surface area contributed by atoms with Gasteiger partial charge in [0.05, 0.1) is 4.88 Å². The summed E-state index contributed by atoms with van der Waals surface area (Å²) in [5, 5.41) is 11.9. The van der Waals surface area contributed by atoms with Crippen molar-refractivity contribution >= 4 is 28.9 Å². The number of alkyl halides is 3. The highest BCUT2D eigenvalue weighted by Crippen LogP contribution is 2.28. The van der Waals surface area contributed by atoms with E-state index in [1.165, 1.54) is 0 Å². The van der Waals surface area contributed by atoms with E-state index in [1.807, 2.05) is 52.9 Å². The quantitative estimate of drug-likeness (QED) is 0.419. The van der Waals surface area contributed by atoms with Gasteiger partial charge in [-0.05, 0) is 61.7 Å². The van der Waals surface area contributed by atoms with Gasteiger partial charge < -0.3 is 10.0 Å². The molecular formula is C24H22F3N5O3S. The Balaban J connectivity index is 0.000000384. The van der Waals surface area contributed by atoms with E-state index in [-0.39, 0.29) is 11.8 Å². The Morgan fingerprint density at radius 3 is 2.44 bits per heavy atom. The van der Waals surface area contributed by atoms with E-state index in [9.17, 15) is 18.0 Å². The van der Waals surface area contributed by atoms with Crippen molar-refractivity contribution in [2.75, 3.05) is 13.1 Å². The Hall–Kier alpha value is -3.80. The van der Waals surface area contributed by atoms with E-state index >= 15 is 0 Å². The Morgan fingerprint density at radius 2 is 1.81 bits per heavy atom. The molecule has 4 aromatic heterocycles. The van der Waals surface area contributed by atoms with Crippen molar-refractivity contribution in [1.29, 1.82) is 0 Å². The van der Waals surface area contributed by atoms with Crippen molar-refractivity contribution in [3.05, 3.63) is 70.6 Å². The third-order valence-corrected chi connectivity index (χ3v) is 6.62. The number of carboxylic acid groups (broad SMARTS) is 1. The number of piperidine rings is 1. The van der Waals surface area contributed by atoms with Crippen LogP contribution >= 0.6 is 11.3 Å². The summed E-state index contributed by atoms with van der Waals surface area (Å²) in [7, 11) is 0. The van der Waals surface area contributed by atoms with E-state index in [4.69, 9.17) is 20.0 Å². The van der Waals surface area contributed by atoms with E-state index in [2.05, 4.69) is 11.1 Å². The zero-order chi connectivity index (χ0) is 25.9. The number of pyridine rings is 2. The lowest BCUT2D eigenvalue weighted by atomic mass is 9.97. The Bertz CT molecular complexity index is 1370. The average molecular weight is 518 g/mol. The first-order valence-corrected chi connectivity index (χ1v) is 11.9. The summed E-state index contributed by atoms with van der Waals surface area (Å²) in [4.78, 5) is 34.5. The lowest BCUT2D eigenvalue weighted by molar-refractivity contribution is -0.192. The maximum Gasteiger partial charge on any atom is 0.490 e. The predicted molar refractivity (Wildman–Crippen MR) is 127 cm³/mol. The number of aromatic nitrogens is 4. The van der Waals surface area contributed by atoms with Crippen LogP contribution in [-0.4, -0.2) is 60.7 Å². The van der Waals surface area contributed by atoms with Crippen molar-refractivity contribution < 1.29 is 27.9 Å². The van der Waals surface area contributed by atoms with Crippen LogP contribution in [0.4, 0.5) is 13.2 Å². The second kappa shape index (κ2) is 10.4. The summed E-state index contributed by atoms with van der Waals surface area (Å²) in [6.45, 7) is 3.50. The fraction of sp³-hybridized carbons (Fsp3) is 0.292. The van der Waals surface area contributed by atoms with Crippen LogP contribution in [0, 0.1) is 6.92 Å². The topological polar surface area (TPSA) is 101 Å². The van der Waals surface area contributed by atoms with Gasteiger partial charge in [-0.25, -0.2) is 14.3 Å². The molecule has 1 amide bonds. The Kier molecular flexibility index (Phi) is 7.34. The summed E-state index contributed by atoms with van der Waals surface area (Å²) in [6, 6.07) is 11.9. The molecular weight excluding hydrogens is 495 g/mol. The number of hydrogen-bond donors (Lipinski definition) is 1. The van der Waals surface area contributed by atoms with Gasteiger partial charge in [-0.2, -0.15) is 18.3 Å². The van der Waals surface area contributed by atoms with Gasteiger partial charge in [0.1, 0.15) is 0 Å². The van der Waals surface area contributed by atoms with Gasteiger partial charge in [0.2, 0.25) is 0 Å². The van der Waals surface area contributed by atoms with E-state index in [0.717, 1.165) is 51.7 Å². The molecule has 8 nitrogen and oxygen atoms in total. The second-order valence-electron chi connectivity index (χ2n) is 8.23. The Labute approximate surface area is 208 Å². The van der Waals surface area contributed by atoms with Gasteiger partial charge in [0.25, 0.3) is 5.91 Å². The fourth-order valence-corrected chi connectivity index (χ4v) is 4.70. The molecule has 1 N–H and O–H groups in total. The third kappa shape index (κ3) is 5.88. The molecule has 0 radical (unpaired) electrons. The normalized spacial score (nSPS) is 15.9. The van der Waals surface area contributed by atoms with Crippen LogP contribution in [0.2, 0.25) is 0 Å². The van der Waals surface area contributed by atoms with Gasteiger partial charge in [0.15, 0.2) is 11.5 Å². The minimum atomic E-state index is -5.08. The molecule has 1 unspecified atom stereocenters. The van der Waals surface area contributed by atoms with Gasteiger partial charge in [-0.1, -0.05) is 0 Å². The number of rotatable bonds is 3. The molecule has 1 aliphatic rings. The number of hydrogen-bond acceptors (Lipinski definition) is 6. The number of halogens is 3. The van der Waals surface area contributed by atoms with Gasteiger partial charge in [-0.15, -0.1) is 11.3 Å². The number of nitrogens with zero attached hydrogens (tertiary/aromatic N) is 5. The van der Waals surface area contributed by atoms with Crippen molar-refractivity contribution in [2.45, 2.75) is 31.9 Å². The largest absolute Gasteiger partial charge is 0.490 e. The first-order chi connectivity index (χ1) is 17.1. The van der Waals surface area contributed by atoms with Crippen LogP contribution in [0.5, 0.6) is 0 Å². The summed E-state index contributed by atoms with van der Waals surface area (Å²) < 4.78 is 33.6. The summed E-state index contributed by atoms with van der Waals surface area (Å²) in [6.07, 6.45) is 2.46. The number of carbonyl (C=O) groups is 2. The highest BCUT2D eigenvalue weighted by molar-refractivity contribution is 7.13. The summed E-state index contributed by atoms with van der Waals surface area (Å²) in [5.41, 5.74) is 3.00. The molecule has 0 spiro atoms. The molecule has 12 heteroatoms. The minimum Gasteiger partial charge on any atom is -0.475 e. The molecule has 0 aliphatic carbocycles. The molecule has 1 saturated heterocycles. The molecule has 1 fully saturated rings. The van der Waals surface area contributed by atoms with Crippen LogP contribution in [-0.2, 0) is 4.79 Å². The molecule has 5 heterocycles. The third-order valence-electron chi connectivity index (χ3n) is 5.63. The molecule has 1 aliphatic heterocycles. The van der Waals surface area contributed by atoms with E-state index in [0.29, 0.717) is 6.54 Å². The number of thiophene rings is 1. The van der Waals surface area contributed by atoms with Crippen molar-refractivity contribution in [3.63, 3.8) is 0 Å². The SMILES string of the molecule is Cc1ccc(C(=O)N2CCCC(c3nc4ccc(-c5ccncc5)cn4n3)C2)s1.O=C(O)C(F)(F)F. The van der Waals surface area contributed by atoms with Gasteiger partial charge in [0, 0.05) is 48.0 Å². The molecule has 188 valence electrons. The van der Waals surface area contributed by atoms with Crippen LogP contribution < -0.4 is 0 Å². The smallest absolute Gasteiger partial charge is 0.475 e. The lowest BCUT2D eigenvalue weighted by Crippen LogP contribution is -2.39. The standard InChI is InChI=1S/C22H21N5OS.C2HF3O2/c1-15-4-6-19(29-15)22(28)26-12-2-3-18(13-26)21-24-20-7-5-17(14-27(20)25-21)16-8-10-23-11-9-16;3-2(4,5)1(6)7/h4-11,14,18H,2-3,12-13H2,1H3;(H,6,7). The first-order valence-electron chi connectivity index (χ1n) is 11.0. The zero-order valence-electron chi connectivity index (χ0n) is 19.1. The highest BCUT2D eigenvalue weighted by atomic mass is 32.1. The molecule has 0 saturated carbocycles. The van der Waals surface area contributed by atoms with Crippen molar-refractivity contribution in [3.8, 4) is 11.1 Å². The number of fused-ring (bicyclic) bond motifs is 1. The van der Waals surface area contributed by atoms with Crippen LogP contribution in [0.15, 0.2) is 55.0 Å². The second-order valence-corrected chi connectivity index (χ2v) is 9.52. The number of carbonyl (C=O) groups excluding carboxylic acids is 1. The number of aryl methyl sites for hydroxylation is 1. The number of amides is 1. The molecule has 4 aromatic rings. The fourth-order valence-electron chi connectivity index (χ4n) is 3.87. The van der Waals surface area contributed by atoms with Crippen molar-refractivity contribution in [1.82, 2.24) is 24.5 Å². The first kappa shape index (κ1) is 25.3. The van der Waals surface area contributed by atoms with Gasteiger partial charge in [-0.3, -0.25) is 9.78 Å². The minimum absolute atomic E-state index is 0.122. The molecule has 5 rings (SSSR count). The van der Waals surface area contributed by atoms with Crippen LogP contribution in [0.25, 0.3) is 16.8 Å². The Morgan fingerprint density at radius 1 is 1.08 bits per heavy atom. The monoisotopic (exact) mass is 517 g/mol. The van der Waals surface area contributed by atoms with Crippen molar-refractivity contribution in [2.24, 2.45) is 0 Å². The maximum absolute atomic E-state index is 12.8. The summed E-state index contributed by atoms with van der Waals surface area (Å²) >= 11 is 1.56. The van der Waals surface area contributed by atoms with Gasteiger partial charge >= 0.3 is 12.1 Å². The number of carboxylic acids is 1. The lowest BCUT2D eigenvalue weighted by Gasteiger charge is -2.31. The molecule has 0 bridgehead atoms. The van der Waals surface area contributed by atoms with Crippen LogP contribution in [0.3, 0.4) is 0 Å².